The number of Topliss-reactive ketones (excluding diaryl/α,β-unsaturated/α-hetero) is 1. The molecule has 2 aliphatic heterocycles. The third-order valence-electron chi connectivity index (χ3n) is 6.16. The molecule has 2 fully saturated rings. The molecule has 33 heavy (non-hydrogen) atoms. The number of benzene rings is 2. The molecule has 0 unspecified atom stereocenters. The van der Waals surface area contributed by atoms with Crippen LogP contribution >= 0.6 is 0 Å². The minimum atomic E-state index is -0.00129. The molecule has 0 saturated carbocycles. The number of hydrogen-bond donors (Lipinski definition) is 1. The van der Waals surface area contributed by atoms with Gasteiger partial charge in [-0.25, -0.2) is 0 Å². The number of amides is 1. The number of oxime groups is 1. The lowest BCUT2D eigenvalue weighted by Crippen LogP contribution is -2.43. The first kappa shape index (κ1) is 22.7. The van der Waals surface area contributed by atoms with E-state index in [9.17, 15) is 9.59 Å². The lowest BCUT2D eigenvalue weighted by molar-refractivity contribution is -0.131. The number of ketones is 1. The summed E-state index contributed by atoms with van der Waals surface area (Å²) in [5.74, 6) is 0.0423. The van der Waals surface area contributed by atoms with Gasteiger partial charge in [0.15, 0.2) is 5.78 Å². The standard InChI is InChI=1S/C27H29N3O3/c31-26(13-16-29-14-11-25(28-33)12-15-29)30-19-23(17-21-7-3-1-4-8-21)27(32)24(20-30)18-22-9-5-2-6-10-22/h1-10,17-18,33H,11-16,19-20H2/b23-17+,24-18+. The van der Waals surface area contributed by atoms with E-state index in [0.29, 0.717) is 37.2 Å². The van der Waals surface area contributed by atoms with E-state index < -0.39 is 0 Å². The number of piperidine rings is 2. The lowest BCUT2D eigenvalue weighted by atomic mass is 9.94. The number of carbonyl (C=O) groups is 2. The average Bonchev–Trinajstić information content (AvgIpc) is 2.86. The Balaban J connectivity index is 1.50. The zero-order chi connectivity index (χ0) is 23.0. The van der Waals surface area contributed by atoms with Gasteiger partial charge in [-0.05, 0) is 23.3 Å². The van der Waals surface area contributed by atoms with Crippen molar-refractivity contribution in [1.82, 2.24) is 9.80 Å². The van der Waals surface area contributed by atoms with Crippen LogP contribution in [0.15, 0.2) is 77.0 Å². The topological polar surface area (TPSA) is 73.2 Å². The summed E-state index contributed by atoms with van der Waals surface area (Å²) in [4.78, 5) is 30.4. The van der Waals surface area contributed by atoms with Gasteiger partial charge in [-0.1, -0.05) is 65.8 Å². The third kappa shape index (κ3) is 6.05. The molecular formula is C27H29N3O3. The SMILES string of the molecule is O=C1/C(=C/c2ccccc2)CN(C(=O)CCN2CCC(=NO)CC2)C/C1=C\c1ccccc1. The molecule has 1 N–H and O–H groups in total. The highest BCUT2D eigenvalue weighted by atomic mass is 16.4. The van der Waals surface area contributed by atoms with Gasteiger partial charge in [-0.2, -0.15) is 0 Å². The fourth-order valence-electron chi connectivity index (χ4n) is 4.26. The summed E-state index contributed by atoms with van der Waals surface area (Å²) in [5.41, 5.74) is 3.97. The van der Waals surface area contributed by atoms with Crippen molar-refractivity contribution in [3.63, 3.8) is 0 Å². The Morgan fingerprint density at radius 2 is 1.39 bits per heavy atom. The first-order valence-corrected chi connectivity index (χ1v) is 11.4. The molecule has 0 aromatic heterocycles. The first-order valence-electron chi connectivity index (χ1n) is 11.4. The van der Waals surface area contributed by atoms with E-state index in [1.807, 2.05) is 72.8 Å². The van der Waals surface area contributed by atoms with Crippen molar-refractivity contribution in [2.24, 2.45) is 5.16 Å². The Morgan fingerprint density at radius 1 is 0.879 bits per heavy atom. The number of rotatable bonds is 5. The number of hydrogen-bond acceptors (Lipinski definition) is 5. The summed E-state index contributed by atoms with van der Waals surface area (Å²) in [6, 6.07) is 19.5. The van der Waals surface area contributed by atoms with Crippen LogP contribution in [-0.4, -0.2) is 65.1 Å². The Morgan fingerprint density at radius 3 is 1.88 bits per heavy atom. The Bertz CT molecular complexity index is 1000. The van der Waals surface area contributed by atoms with E-state index >= 15 is 0 Å². The van der Waals surface area contributed by atoms with Crippen molar-refractivity contribution in [2.75, 3.05) is 32.7 Å². The molecule has 2 aliphatic rings. The molecule has 170 valence electrons. The van der Waals surface area contributed by atoms with Gasteiger partial charge in [0.25, 0.3) is 0 Å². The zero-order valence-electron chi connectivity index (χ0n) is 18.7. The summed E-state index contributed by atoms with van der Waals surface area (Å²) in [6.07, 6.45) is 5.65. The van der Waals surface area contributed by atoms with Crippen LogP contribution in [0.2, 0.25) is 0 Å². The van der Waals surface area contributed by atoms with Gasteiger partial charge < -0.3 is 15.0 Å². The normalized spacial score (nSPS) is 19.8. The van der Waals surface area contributed by atoms with Crippen molar-refractivity contribution in [3.8, 4) is 0 Å². The van der Waals surface area contributed by atoms with Crippen molar-refractivity contribution in [2.45, 2.75) is 19.3 Å². The van der Waals surface area contributed by atoms with Crippen molar-refractivity contribution >= 4 is 29.6 Å². The largest absolute Gasteiger partial charge is 0.411 e. The Kier molecular flexibility index (Phi) is 7.47. The van der Waals surface area contributed by atoms with Gasteiger partial charge in [-0.3, -0.25) is 9.59 Å². The minimum Gasteiger partial charge on any atom is -0.411 e. The van der Waals surface area contributed by atoms with Crippen molar-refractivity contribution in [1.29, 1.82) is 0 Å². The predicted molar refractivity (Wildman–Crippen MR) is 130 cm³/mol. The van der Waals surface area contributed by atoms with Gasteiger partial charge in [0.05, 0.1) is 5.71 Å². The highest BCUT2D eigenvalue weighted by molar-refractivity contribution is 6.15. The molecule has 0 aliphatic carbocycles. The van der Waals surface area contributed by atoms with E-state index in [1.165, 1.54) is 0 Å². The maximum Gasteiger partial charge on any atom is 0.224 e. The quantitative estimate of drug-likeness (QED) is 0.432. The second-order valence-electron chi connectivity index (χ2n) is 8.50. The predicted octanol–water partition coefficient (Wildman–Crippen LogP) is 3.88. The van der Waals surface area contributed by atoms with Crippen molar-refractivity contribution in [3.05, 3.63) is 82.9 Å². The summed E-state index contributed by atoms with van der Waals surface area (Å²) in [7, 11) is 0. The van der Waals surface area contributed by atoms with E-state index in [-0.39, 0.29) is 11.7 Å². The molecule has 6 heteroatoms. The first-order chi connectivity index (χ1) is 16.1. The third-order valence-corrected chi connectivity index (χ3v) is 6.16. The van der Waals surface area contributed by atoms with Crippen LogP contribution in [0.5, 0.6) is 0 Å². The van der Waals surface area contributed by atoms with Crippen LogP contribution < -0.4 is 0 Å². The molecule has 2 aromatic carbocycles. The molecular weight excluding hydrogens is 414 g/mol. The summed E-state index contributed by atoms with van der Waals surface area (Å²) in [5, 5.41) is 12.2. The highest BCUT2D eigenvalue weighted by Crippen LogP contribution is 2.23. The van der Waals surface area contributed by atoms with Gasteiger partial charge in [0, 0.05) is 63.1 Å². The van der Waals surface area contributed by atoms with E-state index in [2.05, 4.69) is 10.1 Å². The van der Waals surface area contributed by atoms with Gasteiger partial charge in [0.2, 0.25) is 5.91 Å². The van der Waals surface area contributed by atoms with Crippen LogP contribution in [0.4, 0.5) is 0 Å². The zero-order valence-corrected chi connectivity index (χ0v) is 18.7. The van der Waals surface area contributed by atoms with Crippen LogP contribution in [0.1, 0.15) is 30.4 Å². The molecule has 2 saturated heterocycles. The minimum absolute atomic E-state index is 0.00129. The van der Waals surface area contributed by atoms with Gasteiger partial charge in [-0.15, -0.1) is 0 Å². The molecule has 6 nitrogen and oxygen atoms in total. The molecule has 1 amide bonds. The number of carbonyl (C=O) groups excluding carboxylic acids is 2. The average molecular weight is 444 g/mol. The fraction of sp³-hybridized carbons (Fsp3) is 0.296. The molecule has 0 radical (unpaired) electrons. The fourth-order valence-corrected chi connectivity index (χ4v) is 4.26. The van der Waals surface area contributed by atoms with E-state index in [0.717, 1.165) is 42.8 Å². The highest BCUT2D eigenvalue weighted by Gasteiger charge is 2.29. The second-order valence-corrected chi connectivity index (χ2v) is 8.50. The molecule has 0 atom stereocenters. The van der Waals surface area contributed by atoms with Crippen LogP contribution in [0.3, 0.4) is 0 Å². The van der Waals surface area contributed by atoms with Crippen LogP contribution in [0, 0.1) is 0 Å². The Labute approximate surface area is 194 Å². The number of nitrogens with zero attached hydrogens (tertiary/aromatic N) is 3. The monoisotopic (exact) mass is 443 g/mol. The van der Waals surface area contributed by atoms with Crippen molar-refractivity contribution < 1.29 is 14.8 Å². The molecule has 4 rings (SSSR count). The molecule has 0 spiro atoms. The van der Waals surface area contributed by atoms with Crippen LogP contribution in [-0.2, 0) is 9.59 Å². The Hall–Kier alpha value is -3.51. The molecule has 2 aromatic rings. The maximum atomic E-state index is 13.3. The maximum absolute atomic E-state index is 13.3. The van der Waals surface area contributed by atoms with Gasteiger partial charge >= 0.3 is 0 Å². The smallest absolute Gasteiger partial charge is 0.224 e. The van der Waals surface area contributed by atoms with Gasteiger partial charge in [0.1, 0.15) is 0 Å². The van der Waals surface area contributed by atoms with E-state index in [4.69, 9.17) is 5.21 Å². The molecule has 2 heterocycles. The summed E-state index contributed by atoms with van der Waals surface area (Å²) in [6.45, 7) is 2.89. The summed E-state index contributed by atoms with van der Waals surface area (Å²) >= 11 is 0. The van der Waals surface area contributed by atoms with Crippen LogP contribution in [0.25, 0.3) is 12.2 Å². The van der Waals surface area contributed by atoms with E-state index in [1.54, 1.807) is 4.90 Å². The second kappa shape index (κ2) is 10.9. The lowest BCUT2D eigenvalue weighted by Gasteiger charge is -2.32. The summed E-state index contributed by atoms with van der Waals surface area (Å²) < 4.78 is 0. The number of likely N-dealkylation sites (tertiary alicyclic amines) is 2. The molecule has 0 bridgehead atoms.